The molecule has 29 heavy (non-hydrogen) atoms. The third-order valence-electron chi connectivity index (χ3n) is 3.72. The number of rotatable bonds is 8. The van der Waals surface area contributed by atoms with Crippen LogP contribution in [-0.2, 0) is 25.5 Å². The maximum atomic E-state index is 12.0. The van der Waals surface area contributed by atoms with E-state index in [2.05, 4.69) is 20.2 Å². The summed E-state index contributed by atoms with van der Waals surface area (Å²) in [5.41, 5.74) is 0.472. The number of methoxy groups -OCH3 is 1. The van der Waals surface area contributed by atoms with Crippen molar-refractivity contribution >= 4 is 34.9 Å². The van der Waals surface area contributed by atoms with E-state index in [1.54, 1.807) is 18.2 Å². The van der Waals surface area contributed by atoms with Gasteiger partial charge in [0.15, 0.2) is 6.61 Å². The highest BCUT2D eigenvalue weighted by molar-refractivity contribution is 7.13. The SMILES string of the molecule is COC(=O)c1ccccc1NC(=O)COC(=O)CCc1nc(-c2cccs2)no1. The van der Waals surface area contributed by atoms with Crippen LogP contribution in [-0.4, -0.2) is 41.7 Å². The van der Waals surface area contributed by atoms with E-state index >= 15 is 0 Å². The van der Waals surface area contributed by atoms with Gasteiger partial charge in [-0.2, -0.15) is 4.98 Å². The second-order valence-electron chi connectivity index (χ2n) is 5.74. The number of amides is 1. The summed E-state index contributed by atoms with van der Waals surface area (Å²) in [7, 11) is 1.25. The van der Waals surface area contributed by atoms with Crippen LogP contribution >= 0.6 is 11.3 Å². The predicted octanol–water partition coefficient (Wildman–Crippen LogP) is 2.70. The largest absolute Gasteiger partial charge is 0.465 e. The van der Waals surface area contributed by atoms with Gasteiger partial charge in [0.25, 0.3) is 5.91 Å². The molecule has 3 aromatic rings. The van der Waals surface area contributed by atoms with Crippen LogP contribution in [0.5, 0.6) is 0 Å². The first kappa shape index (κ1) is 20.2. The van der Waals surface area contributed by atoms with Crippen molar-refractivity contribution in [3.63, 3.8) is 0 Å². The molecule has 2 aromatic heterocycles. The number of nitrogens with zero attached hydrogens (tertiary/aromatic N) is 2. The fourth-order valence-corrected chi connectivity index (χ4v) is 3.01. The van der Waals surface area contributed by atoms with E-state index in [4.69, 9.17) is 9.26 Å². The number of ether oxygens (including phenoxy) is 2. The van der Waals surface area contributed by atoms with Crippen molar-refractivity contribution in [3.8, 4) is 10.7 Å². The van der Waals surface area contributed by atoms with Gasteiger partial charge in [-0.1, -0.05) is 23.4 Å². The number of anilines is 1. The molecule has 0 spiro atoms. The number of aryl methyl sites for hydroxylation is 1. The quantitative estimate of drug-likeness (QED) is 0.558. The van der Waals surface area contributed by atoms with Crippen molar-refractivity contribution in [3.05, 3.63) is 53.2 Å². The lowest BCUT2D eigenvalue weighted by molar-refractivity contribution is -0.147. The third kappa shape index (κ3) is 5.48. The zero-order chi connectivity index (χ0) is 20.6. The van der Waals surface area contributed by atoms with Gasteiger partial charge >= 0.3 is 11.9 Å². The summed E-state index contributed by atoms with van der Waals surface area (Å²) in [6.45, 7) is -0.487. The van der Waals surface area contributed by atoms with Gasteiger partial charge in [-0.25, -0.2) is 4.79 Å². The molecule has 9 nitrogen and oxygen atoms in total. The highest BCUT2D eigenvalue weighted by Gasteiger charge is 2.15. The van der Waals surface area contributed by atoms with E-state index in [9.17, 15) is 14.4 Å². The number of aromatic nitrogens is 2. The molecular weight excluding hydrogens is 398 g/mol. The average molecular weight is 415 g/mol. The maximum Gasteiger partial charge on any atom is 0.339 e. The summed E-state index contributed by atoms with van der Waals surface area (Å²) in [5.74, 6) is -0.974. The second kappa shape index (κ2) is 9.60. The Balaban J connectivity index is 1.45. The predicted molar refractivity (Wildman–Crippen MR) is 103 cm³/mol. The van der Waals surface area contributed by atoms with E-state index in [-0.39, 0.29) is 24.1 Å². The van der Waals surface area contributed by atoms with Crippen molar-refractivity contribution < 1.29 is 28.4 Å². The van der Waals surface area contributed by atoms with Crippen LogP contribution in [0.2, 0.25) is 0 Å². The van der Waals surface area contributed by atoms with Crippen LogP contribution in [0.25, 0.3) is 10.7 Å². The first-order valence-corrected chi connectivity index (χ1v) is 9.44. The Kier molecular flexibility index (Phi) is 6.69. The Morgan fingerprint density at radius 1 is 1.17 bits per heavy atom. The monoisotopic (exact) mass is 415 g/mol. The smallest absolute Gasteiger partial charge is 0.339 e. The van der Waals surface area contributed by atoms with Crippen LogP contribution in [0, 0.1) is 0 Å². The summed E-state index contributed by atoms with van der Waals surface area (Å²) in [4.78, 5) is 40.7. The molecule has 1 amide bonds. The van der Waals surface area contributed by atoms with Gasteiger partial charge in [-0.3, -0.25) is 9.59 Å². The Hall–Kier alpha value is -3.53. The molecule has 0 fully saturated rings. The molecule has 150 valence electrons. The van der Waals surface area contributed by atoms with Crippen LogP contribution in [0.4, 0.5) is 5.69 Å². The lowest BCUT2D eigenvalue weighted by Gasteiger charge is -2.09. The number of nitrogens with one attached hydrogen (secondary N) is 1. The number of thiophene rings is 1. The molecule has 0 bridgehead atoms. The van der Waals surface area contributed by atoms with Crippen LogP contribution in [0.3, 0.4) is 0 Å². The zero-order valence-electron chi connectivity index (χ0n) is 15.4. The fourth-order valence-electron chi connectivity index (χ4n) is 2.36. The molecule has 10 heteroatoms. The Morgan fingerprint density at radius 2 is 2.00 bits per heavy atom. The van der Waals surface area contributed by atoms with E-state index in [1.165, 1.54) is 24.5 Å². The Labute approximate surface area is 169 Å². The van der Waals surface area contributed by atoms with Gasteiger partial charge in [0, 0.05) is 6.42 Å². The molecule has 0 unspecified atom stereocenters. The molecule has 1 N–H and O–H groups in total. The summed E-state index contributed by atoms with van der Waals surface area (Å²) >= 11 is 1.48. The van der Waals surface area contributed by atoms with Gasteiger partial charge in [-0.05, 0) is 23.6 Å². The minimum absolute atomic E-state index is 0.0158. The van der Waals surface area contributed by atoms with Crippen molar-refractivity contribution in [2.24, 2.45) is 0 Å². The minimum atomic E-state index is -0.586. The number of carbonyl (C=O) groups is 3. The van der Waals surface area contributed by atoms with Gasteiger partial charge in [-0.15, -0.1) is 11.3 Å². The molecule has 3 rings (SSSR count). The maximum absolute atomic E-state index is 12.0. The standard InChI is InChI=1S/C19H17N3O6S/c1-26-19(25)12-5-2-3-6-13(12)20-15(23)11-27-17(24)9-8-16-21-18(22-28-16)14-7-4-10-29-14/h2-7,10H,8-9,11H2,1H3,(H,20,23). The first-order chi connectivity index (χ1) is 14.1. The summed E-state index contributed by atoms with van der Waals surface area (Å²) in [5, 5.41) is 8.27. The number of hydrogen-bond acceptors (Lipinski definition) is 9. The molecule has 0 atom stereocenters. The molecule has 0 aliphatic heterocycles. The minimum Gasteiger partial charge on any atom is -0.465 e. The zero-order valence-corrected chi connectivity index (χ0v) is 16.2. The van der Waals surface area contributed by atoms with Gasteiger partial charge in [0.2, 0.25) is 11.7 Å². The van der Waals surface area contributed by atoms with Crippen molar-refractivity contribution in [1.29, 1.82) is 0 Å². The number of benzene rings is 1. The molecular formula is C19H17N3O6S. The molecule has 1 aromatic carbocycles. The summed E-state index contributed by atoms with van der Waals surface area (Å²) < 4.78 is 14.7. The average Bonchev–Trinajstić information content (AvgIpc) is 3.42. The molecule has 2 heterocycles. The summed E-state index contributed by atoms with van der Waals surface area (Å²) in [6.07, 6.45) is 0.183. The van der Waals surface area contributed by atoms with Gasteiger partial charge < -0.3 is 19.3 Å². The van der Waals surface area contributed by atoms with Crippen molar-refractivity contribution in [1.82, 2.24) is 10.1 Å². The fraction of sp³-hybridized carbons (Fsp3) is 0.211. The lowest BCUT2D eigenvalue weighted by Crippen LogP contribution is -2.22. The second-order valence-corrected chi connectivity index (χ2v) is 6.68. The van der Waals surface area contributed by atoms with E-state index < -0.39 is 24.5 Å². The summed E-state index contributed by atoms with van der Waals surface area (Å²) in [6, 6.07) is 10.1. The molecule has 0 aliphatic rings. The number of para-hydroxylation sites is 1. The molecule has 0 aliphatic carbocycles. The van der Waals surface area contributed by atoms with Gasteiger partial charge in [0.05, 0.1) is 29.7 Å². The van der Waals surface area contributed by atoms with Gasteiger partial charge in [0.1, 0.15) is 0 Å². The number of esters is 2. The van der Waals surface area contributed by atoms with Crippen LogP contribution < -0.4 is 5.32 Å². The van der Waals surface area contributed by atoms with E-state index in [0.29, 0.717) is 11.7 Å². The Morgan fingerprint density at radius 3 is 2.76 bits per heavy atom. The highest BCUT2D eigenvalue weighted by Crippen LogP contribution is 2.21. The topological polar surface area (TPSA) is 121 Å². The Bertz CT molecular complexity index is 999. The first-order valence-electron chi connectivity index (χ1n) is 8.56. The molecule has 0 saturated heterocycles. The van der Waals surface area contributed by atoms with Crippen molar-refractivity contribution in [2.75, 3.05) is 19.0 Å². The van der Waals surface area contributed by atoms with Crippen LogP contribution in [0.15, 0.2) is 46.3 Å². The number of hydrogen-bond donors (Lipinski definition) is 1. The highest BCUT2D eigenvalue weighted by atomic mass is 32.1. The van der Waals surface area contributed by atoms with Crippen molar-refractivity contribution in [2.45, 2.75) is 12.8 Å². The van der Waals surface area contributed by atoms with E-state index in [1.807, 2.05) is 17.5 Å². The lowest BCUT2D eigenvalue weighted by atomic mass is 10.2. The van der Waals surface area contributed by atoms with Crippen LogP contribution in [0.1, 0.15) is 22.7 Å². The molecule has 0 radical (unpaired) electrons. The number of carbonyl (C=O) groups excluding carboxylic acids is 3. The normalized spacial score (nSPS) is 10.4. The third-order valence-corrected chi connectivity index (χ3v) is 4.59. The van der Waals surface area contributed by atoms with E-state index in [0.717, 1.165) is 4.88 Å². The molecule has 0 saturated carbocycles.